The first-order chi connectivity index (χ1) is 17.8. The Morgan fingerprint density at radius 3 is 2.43 bits per heavy atom. The molecule has 0 bridgehead atoms. The lowest BCUT2D eigenvalue weighted by molar-refractivity contribution is -0.443. The highest BCUT2D eigenvalue weighted by molar-refractivity contribution is 8.00. The van der Waals surface area contributed by atoms with Crippen LogP contribution in [0.5, 0.6) is 0 Å². The third-order valence-corrected chi connectivity index (χ3v) is 10.1. The van der Waals surface area contributed by atoms with E-state index in [9.17, 15) is 5.11 Å². The van der Waals surface area contributed by atoms with Crippen molar-refractivity contribution < 1.29 is 14.4 Å². The Bertz CT molecular complexity index is 1730. The summed E-state index contributed by atoms with van der Waals surface area (Å²) in [6.07, 6.45) is 1.97. The summed E-state index contributed by atoms with van der Waals surface area (Å²) in [5.74, 6) is -1.26. The van der Waals surface area contributed by atoms with Gasteiger partial charge in [0.1, 0.15) is 11.6 Å². The summed E-state index contributed by atoms with van der Waals surface area (Å²) in [5.41, 5.74) is 6.37. The fourth-order valence-corrected chi connectivity index (χ4v) is 8.48. The van der Waals surface area contributed by atoms with Crippen LogP contribution in [0.4, 0.5) is 0 Å². The monoisotopic (exact) mass is 505 g/mol. The standard InChI is InChI=1S/C32H29N2O2S/c1-31(2,3)22-15-21-24(20-12-8-7-11-19(20)22)27-29(32(27,35)36-4)34-16-33-30-26(28(21)34)25-18-10-6-5-9-17(18)13-14-23(25)37-30/h5-16,26-27,29-30,35H,1-4H3/q+1. The van der Waals surface area contributed by atoms with Gasteiger partial charge in [-0.2, -0.15) is 0 Å². The maximum atomic E-state index is 11.7. The lowest BCUT2D eigenvalue weighted by Gasteiger charge is -2.30. The van der Waals surface area contributed by atoms with Gasteiger partial charge in [-0.1, -0.05) is 92.1 Å². The Morgan fingerprint density at radius 2 is 1.68 bits per heavy atom. The number of benzene rings is 4. The van der Waals surface area contributed by atoms with Crippen molar-refractivity contribution in [2.45, 2.75) is 60.1 Å². The third-order valence-electron chi connectivity index (χ3n) is 8.87. The predicted octanol–water partition coefficient (Wildman–Crippen LogP) is 6.16. The van der Waals surface area contributed by atoms with Crippen LogP contribution in [0.2, 0.25) is 0 Å². The van der Waals surface area contributed by atoms with Gasteiger partial charge in [0, 0.05) is 17.6 Å². The normalized spacial score (nSPS) is 29.1. The van der Waals surface area contributed by atoms with E-state index in [-0.39, 0.29) is 28.7 Å². The molecule has 4 aromatic rings. The van der Waals surface area contributed by atoms with Crippen molar-refractivity contribution in [3.8, 4) is 0 Å². The number of hydrogen-bond acceptors (Lipinski definition) is 4. The Kier molecular flexibility index (Phi) is 4.23. The molecule has 1 saturated carbocycles. The largest absolute Gasteiger partial charge is 0.362 e. The maximum absolute atomic E-state index is 11.7. The highest BCUT2D eigenvalue weighted by Gasteiger charge is 2.75. The Labute approximate surface area is 220 Å². The van der Waals surface area contributed by atoms with Crippen molar-refractivity contribution in [1.29, 1.82) is 0 Å². The van der Waals surface area contributed by atoms with Crippen LogP contribution in [0.3, 0.4) is 0 Å². The summed E-state index contributed by atoms with van der Waals surface area (Å²) in [6, 6.07) is 24.1. The van der Waals surface area contributed by atoms with E-state index >= 15 is 0 Å². The minimum atomic E-state index is -1.24. The van der Waals surface area contributed by atoms with Crippen molar-refractivity contribution in [2.24, 2.45) is 4.99 Å². The zero-order chi connectivity index (χ0) is 25.3. The molecule has 8 rings (SSSR count). The van der Waals surface area contributed by atoms with E-state index in [4.69, 9.17) is 9.73 Å². The zero-order valence-electron chi connectivity index (χ0n) is 21.4. The third kappa shape index (κ3) is 2.72. The van der Waals surface area contributed by atoms with Gasteiger partial charge in [-0.15, -0.1) is 0 Å². The first-order valence-corrected chi connectivity index (χ1v) is 13.9. The van der Waals surface area contributed by atoms with Crippen LogP contribution in [-0.4, -0.2) is 46.0 Å². The molecule has 5 heteroatoms. The van der Waals surface area contributed by atoms with Gasteiger partial charge in [0.25, 0.3) is 6.34 Å². The number of ether oxygens (including phenoxy) is 1. The number of nitrogens with zero attached hydrogens (tertiary/aromatic N) is 2. The number of fused-ring (bicyclic) bond motifs is 13. The van der Waals surface area contributed by atoms with Gasteiger partial charge in [-0.25, -0.2) is 4.58 Å². The smallest absolute Gasteiger partial charge is 0.282 e. The molecule has 0 aromatic heterocycles. The van der Waals surface area contributed by atoms with E-state index in [1.165, 1.54) is 54.4 Å². The van der Waals surface area contributed by atoms with E-state index in [0.29, 0.717) is 0 Å². The van der Waals surface area contributed by atoms with Crippen LogP contribution in [0.15, 0.2) is 76.6 Å². The highest BCUT2D eigenvalue weighted by atomic mass is 32.2. The fraction of sp³-hybridized carbons (Fsp3) is 0.312. The van der Waals surface area contributed by atoms with Crippen LogP contribution in [0.25, 0.3) is 21.5 Å². The van der Waals surface area contributed by atoms with Crippen LogP contribution in [-0.2, 0) is 10.2 Å². The highest BCUT2D eigenvalue weighted by Crippen LogP contribution is 2.62. The molecular weight excluding hydrogens is 476 g/mol. The van der Waals surface area contributed by atoms with Crippen molar-refractivity contribution in [3.05, 3.63) is 89.0 Å². The van der Waals surface area contributed by atoms with Gasteiger partial charge >= 0.3 is 0 Å². The quantitative estimate of drug-likeness (QED) is 0.249. The zero-order valence-corrected chi connectivity index (χ0v) is 22.2. The minimum absolute atomic E-state index is 0.0326. The van der Waals surface area contributed by atoms with Gasteiger partial charge in [0.15, 0.2) is 6.04 Å². The second-order valence-electron chi connectivity index (χ2n) is 11.8. The number of thioether (sulfide) groups is 1. The van der Waals surface area contributed by atoms with Crippen LogP contribution >= 0.6 is 11.8 Å². The number of aliphatic hydroxyl groups is 1. The molecule has 1 N–H and O–H groups in total. The minimum Gasteiger partial charge on any atom is -0.362 e. The molecule has 0 saturated heterocycles. The van der Waals surface area contributed by atoms with E-state index < -0.39 is 5.79 Å². The summed E-state index contributed by atoms with van der Waals surface area (Å²) >= 11 is 1.86. The van der Waals surface area contributed by atoms with Crippen molar-refractivity contribution in [2.75, 3.05) is 7.11 Å². The molecule has 1 fully saturated rings. The molecule has 0 spiro atoms. The second kappa shape index (κ2) is 7.10. The van der Waals surface area contributed by atoms with Gasteiger partial charge in [0.05, 0.1) is 5.92 Å². The van der Waals surface area contributed by atoms with Crippen LogP contribution in [0, 0.1) is 0 Å². The molecule has 1 aliphatic carbocycles. The predicted molar refractivity (Wildman–Crippen MR) is 150 cm³/mol. The lowest BCUT2D eigenvalue weighted by Crippen LogP contribution is -2.40. The molecule has 3 aliphatic heterocycles. The molecule has 0 amide bonds. The second-order valence-corrected chi connectivity index (χ2v) is 13.0. The van der Waals surface area contributed by atoms with Gasteiger partial charge in [-0.3, -0.25) is 0 Å². The first-order valence-electron chi connectivity index (χ1n) is 13.0. The maximum Gasteiger partial charge on any atom is 0.282 e. The summed E-state index contributed by atoms with van der Waals surface area (Å²) in [4.78, 5) is 6.36. The number of methoxy groups -OCH3 is 1. The summed E-state index contributed by atoms with van der Waals surface area (Å²) < 4.78 is 8.08. The number of rotatable bonds is 1. The molecule has 5 atom stereocenters. The Balaban J connectivity index is 1.49. The summed E-state index contributed by atoms with van der Waals surface area (Å²) in [6.45, 7) is 6.87. The molecule has 37 heavy (non-hydrogen) atoms. The average molecular weight is 506 g/mol. The molecule has 0 radical (unpaired) electrons. The first kappa shape index (κ1) is 22.0. The van der Waals surface area contributed by atoms with E-state index in [2.05, 4.69) is 92.1 Å². The van der Waals surface area contributed by atoms with Crippen molar-refractivity contribution in [3.63, 3.8) is 0 Å². The fourth-order valence-electron chi connectivity index (χ4n) is 7.19. The molecule has 5 unspecified atom stereocenters. The van der Waals surface area contributed by atoms with E-state index in [1.54, 1.807) is 7.11 Å². The van der Waals surface area contributed by atoms with E-state index in [0.717, 1.165) is 0 Å². The molecule has 3 heterocycles. The summed E-state index contributed by atoms with van der Waals surface area (Å²) in [7, 11) is 1.63. The average Bonchev–Trinajstić information content (AvgIpc) is 3.33. The molecular formula is C32H29N2O2S+. The SMILES string of the molecule is COC1(O)C2c3c(cc(C(C)(C)C)c4ccccc34)C3=[N+](C=NC4Sc5ccc6ccccc6c5C34)C21. The topological polar surface area (TPSA) is 44.8 Å². The summed E-state index contributed by atoms with van der Waals surface area (Å²) in [5, 5.41) is 16.9. The lowest BCUT2D eigenvalue weighted by atomic mass is 9.76. The van der Waals surface area contributed by atoms with Crippen LogP contribution < -0.4 is 0 Å². The van der Waals surface area contributed by atoms with Gasteiger partial charge in [0.2, 0.25) is 11.2 Å². The molecule has 4 nitrogen and oxygen atoms in total. The Hall–Kier alpha value is -2.99. The number of hydrogen-bond donors (Lipinski definition) is 1. The molecule has 4 aliphatic rings. The van der Waals surface area contributed by atoms with Crippen molar-refractivity contribution in [1.82, 2.24) is 0 Å². The molecule has 4 aromatic carbocycles. The van der Waals surface area contributed by atoms with Crippen LogP contribution in [0.1, 0.15) is 54.9 Å². The van der Waals surface area contributed by atoms with E-state index in [1.807, 2.05) is 18.1 Å². The van der Waals surface area contributed by atoms with Gasteiger partial charge < -0.3 is 9.84 Å². The number of aliphatic imine (C=N–C) groups is 1. The molecule has 184 valence electrons. The van der Waals surface area contributed by atoms with Crippen molar-refractivity contribution >= 4 is 45.4 Å². The van der Waals surface area contributed by atoms with Gasteiger partial charge in [-0.05, 0) is 55.8 Å². The Morgan fingerprint density at radius 1 is 0.946 bits per heavy atom.